The molecular formula is C16H24N4O4S. The molecule has 0 aromatic carbocycles. The average Bonchev–Trinajstić information content (AvgIpc) is 3.06. The maximum absolute atomic E-state index is 12.7. The highest BCUT2D eigenvalue weighted by Crippen LogP contribution is 2.27. The molecule has 9 heteroatoms. The van der Waals surface area contributed by atoms with E-state index in [4.69, 9.17) is 0 Å². The van der Waals surface area contributed by atoms with Crippen LogP contribution in [0.5, 0.6) is 0 Å². The second-order valence-electron chi connectivity index (χ2n) is 7.05. The lowest BCUT2D eigenvalue weighted by molar-refractivity contribution is -0.136. The zero-order valence-corrected chi connectivity index (χ0v) is 15.6. The van der Waals surface area contributed by atoms with Gasteiger partial charge in [-0.1, -0.05) is 22.0 Å². The Bertz CT molecular complexity index is 782. The topological polar surface area (TPSA) is 96.6 Å². The van der Waals surface area contributed by atoms with Gasteiger partial charge < -0.3 is 4.90 Å². The van der Waals surface area contributed by atoms with Crippen LogP contribution in [0.25, 0.3) is 0 Å². The van der Waals surface area contributed by atoms with Gasteiger partial charge in [0.25, 0.3) is 0 Å². The summed E-state index contributed by atoms with van der Waals surface area (Å²) in [5.74, 6) is 0.0284. The van der Waals surface area contributed by atoms with Crippen molar-refractivity contribution in [3.63, 3.8) is 0 Å². The number of aromatic nitrogens is 2. The van der Waals surface area contributed by atoms with Gasteiger partial charge in [0.2, 0.25) is 5.91 Å². The number of fused-ring (bicyclic) bond motifs is 1. The lowest BCUT2D eigenvalue weighted by atomic mass is 10.0. The minimum absolute atomic E-state index is 0.0325. The maximum atomic E-state index is 12.7. The Balaban J connectivity index is 1.77. The van der Waals surface area contributed by atoms with Crippen LogP contribution in [-0.2, 0) is 21.1 Å². The van der Waals surface area contributed by atoms with Gasteiger partial charge in [-0.25, -0.2) is 13.0 Å². The number of aryl methyl sites for hydroxylation is 1. The van der Waals surface area contributed by atoms with E-state index < -0.39 is 9.84 Å². The Morgan fingerprint density at radius 3 is 2.60 bits per heavy atom. The number of hydrogen-bond donors (Lipinski definition) is 0. The molecular weight excluding hydrogens is 344 g/mol. The Kier molecular flexibility index (Phi) is 4.97. The van der Waals surface area contributed by atoms with Crippen molar-refractivity contribution in [1.82, 2.24) is 20.1 Å². The molecule has 0 saturated carbocycles. The van der Waals surface area contributed by atoms with Crippen LogP contribution in [0.3, 0.4) is 0 Å². The van der Waals surface area contributed by atoms with Crippen molar-refractivity contribution >= 4 is 15.7 Å². The van der Waals surface area contributed by atoms with Gasteiger partial charge >= 0.3 is 0 Å². The van der Waals surface area contributed by atoms with Gasteiger partial charge in [-0.15, -0.1) is 0 Å². The molecule has 3 rings (SSSR count). The highest BCUT2D eigenvalue weighted by Gasteiger charge is 2.47. The molecule has 2 fully saturated rings. The van der Waals surface area contributed by atoms with Crippen molar-refractivity contribution in [2.24, 2.45) is 0 Å². The zero-order valence-electron chi connectivity index (χ0n) is 14.8. The first-order valence-electron chi connectivity index (χ1n) is 8.42. The highest BCUT2D eigenvalue weighted by atomic mass is 32.2. The minimum Gasteiger partial charge on any atom is -0.335 e. The highest BCUT2D eigenvalue weighted by molar-refractivity contribution is 7.91. The van der Waals surface area contributed by atoms with Crippen LogP contribution in [0.4, 0.5) is 0 Å². The molecule has 2 aliphatic rings. The third-order valence-electron chi connectivity index (χ3n) is 4.91. The van der Waals surface area contributed by atoms with Gasteiger partial charge in [-0.2, -0.15) is 0 Å². The van der Waals surface area contributed by atoms with Crippen molar-refractivity contribution in [3.05, 3.63) is 23.0 Å². The second kappa shape index (κ2) is 6.87. The van der Waals surface area contributed by atoms with Gasteiger partial charge in [0, 0.05) is 25.7 Å². The molecule has 2 atom stereocenters. The van der Waals surface area contributed by atoms with Crippen LogP contribution in [-0.4, -0.2) is 77.7 Å². The first kappa shape index (κ1) is 18.1. The SMILES string of the molecule is CC(C)=CCN1CCN(C(=O)Cc2nonc2C)[C@@H]2CS(=O)(=O)C[C@@H]21. The van der Waals surface area contributed by atoms with E-state index in [0.717, 1.165) is 0 Å². The van der Waals surface area contributed by atoms with Crippen LogP contribution < -0.4 is 0 Å². The molecule has 3 heterocycles. The largest absolute Gasteiger partial charge is 0.335 e. The van der Waals surface area contributed by atoms with E-state index in [2.05, 4.69) is 25.9 Å². The van der Waals surface area contributed by atoms with Gasteiger partial charge in [-0.05, 0) is 20.8 Å². The lowest BCUT2D eigenvalue weighted by Gasteiger charge is -2.43. The number of carbonyl (C=O) groups is 1. The molecule has 0 bridgehead atoms. The summed E-state index contributed by atoms with van der Waals surface area (Å²) in [6.45, 7) is 7.69. The molecule has 0 radical (unpaired) electrons. The van der Waals surface area contributed by atoms with E-state index in [1.165, 1.54) is 5.57 Å². The summed E-state index contributed by atoms with van der Waals surface area (Å²) in [5.41, 5.74) is 2.30. The summed E-state index contributed by atoms with van der Waals surface area (Å²) >= 11 is 0. The molecule has 1 amide bonds. The standard InChI is InChI=1S/C16H24N4O4S/c1-11(2)4-5-19-6-7-20(15-10-25(22,23)9-14(15)19)16(21)8-13-12(3)17-24-18-13/h4,14-15H,5-10H2,1-3H3/t14-,15+/m0/s1. The molecule has 1 aromatic rings. The van der Waals surface area contributed by atoms with Crippen LogP contribution in [0.2, 0.25) is 0 Å². The van der Waals surface area contributed by atoms with Gasteiger partial charge in [0.05, 0.1) is 24.0 Å². The number of hydrogen-bond acceptors (Lipinski definition) is 7. The van der Waals surface area contributed by atoms with Gasteiger partial charge in [0.1, 0.15) is 11.4 Å². The average molecular weight is 368 g/mol. The summed E-state index contributed by atoms with van der Waals surface area (Å²) in [6, 6.07) is -0.438. The first-order chi connectivity index (χ1) is 11.8. The van der Waals surface area contributed by atoms with E-state index in [0.29, 0.717) is 31.0 Å². The van der Waals surface area contributed by atoms with Crippen molar-refractivity contribution in [2.45, 2.75) is 39.3 Å². The van der Waals surface area contributed by atoms with E-state index in [9.17, 15) is 13.2 Å². The quantitative estimate of drug-likeness (QED) is 0.700. The Morgan fingerprint density at radius 2 is 1.96 bits per heavy atom. The number of amides is 1. The van der Waals surface area contributed by atoms with Crippen LogP contribution in [0, 0.1) is 6.92 Å². The summed E-state index contributed by atoms with van der Waals surface area (Å²) in [7, 11) is -3.14. The molecule has 2 saturated heterocycles. The van der Waals surface area contributed by atoms with Crippen molar-refractivity contribution < 1.29 is 17.8 Å². The Labute approximate surface area is 147 Å². The number of rotatable bonds is 4. The van der Waals surface area contributed by atoms with Crippen LogP contribution in [0.1, 0.15) is 25.2 Å². The fourth-order valence-corrected chi connectivity index (χ4v) is 5.53. The van der Waals surface area contributed by atoms with E-state index in [1.807, 2.05) is 13.8 Å². The number of nitrogens with zero attached hydrogens (tertiary/aromatic N) is 4. The summed E-state index contributed by atoms with van der Waals surface area (Å²) in [5, 5.41) is 7.45. The molecule has 0 spiro atoms. The van der Waals surface area contributed by atoms with E-state index >= 15 is 0 Å². The maximum Gasteiger partial charge on any atom is 0.229 e. The van der Waals surface area contributed by atoms with E-state index in [1.54, 1.807) is 11.8 Å². The summed E-state index contributed by atoms with van der Waals surface area (Å²) in [4.78, 5) is 16.6. The predicted octanol–water partition coefficient (Wildman–Crippen LogP) is 0.197. The first-order valence-corrected chi connectivity index (χ1v) is 10.2. The zero-order chi connectivity index (χ0) is 18.2. The molecule has 138 valence electrons. The number of allylic oxidation sites excluding steroid dienone is 1. The third-order valence-corrected chi connectivity index (χ3v) is 6.61. The molecule has 25 heavy (non-hydrogen) atoms. The van der Waals surface area contributed by atoms with Gasteiger partial charge in [-0.3, -0.25) is 9.69 Å². The third kappa shape index (κ3) is 3.92. The predicted molar refractivity (Wildman–Crippen MR) is 91.7 cm³/mol. The second-order valence-corrected chi connectivity index (χ2v) is 9.20. The monoisotopic (exact) mass is 368 g/mol. The fourth-order valence-electron chi connectivity index (χ4n) is 3.52. The Hall–Kier alpha value is -1.74. The van der Waals surface area contributed by atoms with Crippen LogP contribution in [0.15, 0.2) is 16.3 Å². The molecule has 0 unspecified atom stereocenters. The minimum atomic E-state index is -3.14. The normalized spacial score (nSPS) is 25.6. The molecule has 0 aliphatic carbocycles. The Morgan fingerprint density at radius 1 is 1.24 bits per heavy atom. The number of piperazine rings is 1. The molecule has 1 aromatic heterocycles. The molecule has 8 nitrogen and oxygen atoms in total. The van der Waals surface area contributed by atoms with Crippen LogP contribution >= 0.6 is 0 Å². The lowest BCUT2D eigenvalue weighted by Crippen LogP contribution is -2.60. The molecule has 2 aliphatic heterocycles. The van der Waals surface area contributed by atoms with Crippen molar-refractivity contribution in [2.75, 3.05) is 31.1 Å². The van der Waals surface area contributed by atoms with E-state index in [-0.39, 0.29) is 35.9 Å². The summed E-state index contributed by atoms with van der Waals surface area (Å²) < 4.78 is 29.0. The molecule has 0 N–H and O–H groups in total. The number of carbonyl (C=O) groups excluding carboxylic acids is 1. The summed E-state index contributed by atoms with van der Waals surface area (Å²) in [6.07, 6.45) is 2.19. The smallest absolute Gasteiger partial charge is 0.229 e. The number of sulfone groups is 1. The fraction of sp³-hybridized carbons (Fsp3) is 0.688. The van der Waals surface area contributed by atoms with Crippen molar-refractivity contribution in [3.8, 4) is 0 Å². The van der Waals surface area contributed by atoms with Crippen molar-refractivity contribution in [1.29, 1.82) is 0 Å². The van der Waals surface area contributed by atoms with Gasteiger partial charge in [0.15, 0.2) is 9.84 Å².